The van der Waals surface area contributed by atoms with Gasteiger partial charge in [0.1, 0.15) is 5.82 Å². The van der Waals surface area contributed by atoms with Crippen molar-refractivity contribution in [2.24, 2.45) is 5.73 Å². The second-order valence-electron chi connectivity index (χ2n) is 4.87. The highest BCUT2D eigenvalue weighted by atomic mass is 19.1. The second kappa shape index (κ2) is 6.99. The monoisotopic (exact) mass is 286 g/mol. The van der Waals surface area contributed by atoms with Crippen LogP contribution in [0.1, 0.15) is 22.3 Å². The van der Waals surface area contributed by atoms with Crippen LogP contribution in [0.15, 0.2) is 48.5 Å². The van der Waals surface area contributed by atoms with Crippen LogP contribution in [-0.4, -0.2) is 19.0 Å². The smallest absolute Gasteiger partial charge is 0.258 e. The first-order valence-electron chi connectivity index (χ1n) is 6.97. The Morgan fingerprint density at radius 3 is 2.48 bits per heavy atom. The highest BCUT2D eigenvalue weighted by Gasteiger charge is 2.21. The van der Waals surface area contributed by atoms with Gasteiger partial charge < -0.3 is 10.6 Å². The molecule has 0 aromatic heterocycles. The van der Waals surface area contributed by atoms with Crippen molar-refractivity contribution in [3.63, 3.8) is 0 Å². The van der Waals surface area contributed by atoms with Crippen molar-refractivity contribution in [3.05, 3.63) is 65.5 Å². The van der Waals surface area contributed by atoms with Gasteiger partial charge in [0.25, 0.3) is 5.91 Å². The maximum atomic E-state index is 14.0. The van der Waals surface area contributed by atoms with Crippen LogP contribution in [0.5, 0.6) is 0 Å². The third-order valence-electron chi connectivity index (χ3n) is 3.35. The number of halogens is 1. The molecular formula is C17H19FN2O. The van der Waals surface area contributed by atoms with Gasteiger partial charge in [-0.25, -0.2) is 4.39 Å². The van der Waals surface area contributed by atoms with Crippen molar-refractivity contribution in [3.8, 4) is 0 Å². The molecule has 0 atom stereocenters. The number of nitrogens with two attached hydrogens (primary N) is 1. The lowest BCUT2D eigenvalue weighted by Crippen LogP contribution is -2.34. The van der Waals surface area contributed by atoms with Gasteiger partial charge in [0.2, 0.25) is 0 Å². The van der Waals surface area contributed by atoms with E-state index < -0.39 is 5.82 Å². The Morgan fingerprint density at radius 2 is 1.81 bits per heavy atom. The molecule has 110 valence electrons. The van der Waals surface area contributed by atoms with Crippen molar-refractivity contribution in [1.29, 1.82) is 0 Å². The molecule has 2 aromatic carbocycles. The highest BCUT2D eigenvalue weighted by molar-refractivity contribution is 6.07. The minimum absolute atomic E-state index is 0.202. The normalized spacial score (nSPS) is 10.4. The quantitative estimate of drug-likeness (QED) is 0.918. The number of nitrogens with zero attached hydrogens (tertiary/aromatic N) is 1. The molecule has 2 rings (SSSR count). The van der Waals surface area contributed by atoms with Gasteiger partial charge in [-0.2, -0.15) is 0 Å². The lowest BCUT2D eigenvalue weighted by atomic mass is 10.1. The lowest BCUT2D eigenvalue weighted by Gasteiger charge is -2.24. The predicted molar refractivity (Wildman–Crippen MR) is 82.9 cm³/mol. The summed E-state index contributed by atoms with van der Waals surface area (Å²) in [5.41, 5.74) is 7.27. The maximum Gasteiger partial charge on any atom is 0.258 e. The van der Waals surface area contributed by atoms with Gasteiger partial charge >= 0.3 is 0 Å². The van der Waals surface area contributed by atoms with Crippen molar-refractivity contribution in [1.82, 2.24) is 0 Å². The maximum absolute atomic E-state index is 14.0. The van der Waals surface area contributed by atoms with Crippen LogP contribution in [-0.2, 0) is 0 Å². The van der Waals surface area contributed by atoms with E-state index in [1.807, 2.05) is 25.1 Å². The Kier molecular flexibility index (Phi) is 5.06. The number of carbonyl (C=O) groups excluding carboxylic acids is 1. The van der Waals surface area contributed by atoms with Crippen molar-refractivity contribution >= 4 is 11.6 Å². The van der Waals surface area contributed by atoms with Crippen LogP contribution in [0, 0.1) is 12.7 Å². The van der Waals surface area contributed by atoms with E-state index in [9.17, 15) is 9.18 Å². The van der Waals surface area contributed by atoms with Crippen molar-refractivity contribution < 1.29 is 9.18 Å². The van der Waals surface area contributed by atoms with Gasteiger partial charge in [-0.1, -0.05) is 30.3 Å². The van der Waals surface area contributed by atoms with Crippen molar-refractivity contribution in [2.45, 2.75) is 13.3 Å². The van der Waals surface area contributed by atoms with Crippen LogP contribution in [0.4, 0.5) is 10.1 Å². The van der Waals surface area contributed by atoms with Crippen LogP contribution < -0.4 is 10.6 Å². The fourth-order valence-electron chi connectivity index (χ4n) is 2.21. The van der Waals surface area contributed by atoms with Crippen molar-refractivity contribution in [2.75, 3.05) is 18.0 Å². The third-order valence-corrected chi connectivity index (χ3v) is 3.35. The van der Waals surface area contributed by atoms with E-state index in [0.717, 1.165) is 5.56 Å². The van der Waals surface area contributed by atoms with Crippen LogP contribution >= 0.6 is 0 Å². The summed E-state index contributed by atoms with van der Waals surface area (Å²) in [6, 6.07) is 13.6. The molecule has 0 bridgehead atoms. The average Bonchev–Trinajstić information content (AvgIpc) is 2.49. The molecule has 0 radical (unpaired) electrons. The topological polar surface area (TPSA) is 46.3 Å². The van der Waals surface area contributed by atoms with E-state index in [-0.39, 0.29) is 5.91 Å². The number of hydrogen-bond donors (Lipinski definition) is 1. The fourth-order valence-corrected chi connectivity index (χ4v) is 2.21. The second-order valence-corrected chi connectivity index (χ2v) is 4.87. The number of benzene rings is 2. The van der Waals surface area contributed by atoms with E-state index in [0.29, 0.717) is 30.8 Å². The summed E-state index contributed by atoms with van der Waals surface area (Å²) in [5.74, 6) is -0.608. The summed E-state index contributed by atoms with van der Waals surface area (Å²) in [5, 5.41) is 0. The number of rotatable bonds is 5. The number of aryl methyl sites for hydroxylation is 1. The molecule has 0 heterocycles. The standard InChI is InChI=1S/C17H19FN2O/c1-13-7-2-3-8-14(13)17(21)20(12-6-11-19)16-10-5-4-9-15(16)18/h2-5,7-10H,6,11-12,19H2,1H3. The molecule has 0 saturated heterocycles. The molecule has 21 heavy (non-hydrogen) atoms. The Labute approximate surface area is 124 Å². The molecule has 4 heteroatoms. The van der Waals surface area contributed by atoms with Crippen LogP contribution in [0.25, 0.3) is 0 Å². The van der Waals surface area contributed by atoms with E-state index in [4.69, 9.17) is 5.73 Å². The molecule has 1 amide bonds. The molecule has 0 unspecified atom stereocenters. The first-order valence-corrected chi connectivity index (χ1v) is 6.97. The third kappa shape index (κ3) is 3.47. The van der Waals surface area contributed by atoms with Gasteiger partial charge in [-0.3, -0.25) is 4.79 Å². The molecule has 0 aliphatic carbocycles. The summed E-state index contributed by atoms with van der Waals surface area (Å²) in [6.45, 7) is 2.71. The Balaban J connectivity index is 2.39. The molecule has 0 aliphatic heterocycles. The van der Waals surface area contributed by atoms with E-state index in [1.54, 1.807) is 24.3 Å². The largest absolute Gasteiger partial charge is 0.330 e. The number of anilines is 1. The first-order chi connectivity index (χ1) is 10.1. The van der Waals surface area contributed by atoms with E-state index >= 15 is 0 Å². The SMILES string of the molecule is Cc1ccccc1C(=O)N(CCCN)c1ccccc1F. The van der Waals surface area contributed by atoms with E-state index in [1.165, 1.54) is 11.0 Å². The van der Waals surface area contributed by atoms with Gasteiger partial charge in [0, 0.05) is 12.1 Å². The Morgan fingerprint density at radius 1 is 1.14 bits per heavy atom. The predicted octanol–water partition coefficient (Wildman–Crippen LogP) is 3.13. The molecule has 0 spiro atoms. The van der Waals surface area contributed by atoms with Gasteiger partial charge in [0.15, 0.2) is 0 Å². The number of carbonyl (C=O) groups is 1. The number of para-hydroxylation sites is 1. The minimum Gasteiger partial charge on any atom is -0.330 e. The summed E-state index contributed by atoms with van der Waals surface area (Å²) in [6.07, 6.45) is 0.617. The van der Waals surface area contributed by atoms with Gasteiger partial charge in [-0.05, 0) is 43.7 Å². The van der Waals surface area contributed by atoms with Gasteiger partial charge in [-0.15, -0.1) is 0 Å². The zero-order valence-electron chi connectivity index (χ0n) is 12.1. The molecule has 2 aromatic rings. The number of hydrogen-bond acceptors (Lipinski definition) is 2. The zero-order valence-corrected chi connectivity index (χ0v) is 12.1. The Bertz CT molecular complexity index is 628. The molecule has 0 fully saturated rings. The summed E-state index contributed by atoms with van der Waals surface area (Å²) >= 11 is 0. The summed E-state index contributed by atoms with van der Waals surface area (Å²) < 4.78 is 14.0. The summed E-state index contributed by atoms with van der Waals surface area (Å²) in [7, 11) is 0. The fraction of sp³-hybridized carbons (Fsp3) is 0.235. The average molecular weight is 286 g/mol. The molecule has 0 saturated carbocycles. The molecule has 0 aliphatic rings. The van der Waals surface area contributed by atoms with Gasteiger partial charge in [0.05, 0.1) is 5.69 Å². The zero-order chi connectivity index (χ0) is 15.2. The first kappa shape index (κ1) is 15.2. The van der Waals surface area contributed by atoms with E-state index in [2.05, 4.69) is 0 Å². The Hall–Kier alpha value is -2.20. The summed E-state index contributed by atoms with van der Waals surface area (Å²) in [4.78, 5) is 14.2. The minimum atomic E-state index is -0.406. The highest BCUT2D eigenvalue weighted by Crippen LogP contribution is 2.22. The van der Waals surface area contributed by atoms with Crippen LogP contribution in [0.2, 0.25) is 0 Å². The molecule has 3 nitrogen and oxygen atoms in total. The lowest BCUT2D eigenvalue weighted by molar-refractivity contribution is 0.0985. The molecular weight excluding hydrogens is 267 g/mol. The molecule has 2 N–H and O–H groups in total. The van der Waals surface area contributed by atoms with Crippen LogP contribution in [0.3, 0.4) is 0 Å². The number of amides is 1.